The maximum absolute atomic E-state index is 12.0. The van der Waals surface area contributed by atoms with Crippen LogP contribution in [0.5, 0.6) is 0 Å². The topological polar surface area (TPSA) is 53.7 Å². The molecule has 0 bridgehead atoms. The first-order chi connectivity index (χ1) is 11.4. The molecule has 4 nitrogen and oxygen atoms in total. The standard InChI is InChI=1S/C20H27NO3/c1-20(2,3)13-21(7-8-22)12-16-11-19(23)24-18-10-15-6-4-5-14(15)9-17(16)18/h9-11,22H,4-8,12-13H2,1-3H3. The number of fused-ring (bicyclic) bond motifs is 2. The third kappa shape index (κ3) is 3.87. The molecule has 1 aromatic heterocycles. The lowest BCUT2D eigenvalue weighted by atomic mass is 9.95. The Morgan fingerprint density at radius 2 is 1.88 bits per heavy atom. The number of hydrogen-bond acceptors (Lipinski definition) is 4. The minimum atomic E-state index is -0.296. The summed E-state index contributed by atoms with van der Waals surface area (Å²) < 4.78 is 5.45. The molecular weight excluding hydrogens is 302 g/mol. The van der Waals surface area contributed by atoms with E-state index in [-0.39, 0.29) is 17.6 Å². The van der Waals surface area contributed by atoms with Crippen LogP contribution in [0, 0.1) is 5.41 Å². The summed E-state index contributed by atoms with van der Waals surface area (Å²) in [6.45, 7) is 8.78. The molecule has 4 heteroatoms. The normalized spacial score (nSPS) is 14.5. The average Bonchev–Trinajstić information content (AvgIpc) is 2.90. The van der Waals surface area contributed by atoms with Crippen molar-refractivity contribution >= 4 is 11.0 Å². The highest BCUT2D eigenvalue weighted by atomic mass is 16.4. The van der Waals surface area contributed by atoms with Crippen molar-refractivity contribution in [3.63, 3.8) is 0 Å². The molecule has 0 atom stereocenters. The summed E-state index contributed by atoms with van der Waals surface area (Å²) in [6.07, 6.45) is 3.35. The molecule has 0 unspecified atom stereocenters. The first-order valence-corrected chi connectivity index (χ1v) is 8.77. The molecule has 1 heterocycles. The molecule has 2 aromatic rings. The highest BCUT2D eigenvalue weighted by Crippen LogP contribution is 2.29. The van der Waals surface area contributed by atoms with E-state index in [1.165, 1.54) is 17.5 Å². The molecule has 0 saturated heterocycles. The van der Waals surface area contributed by atoms with Gasteiger partial charge in [0.1, 0.15) is 5.58 Å². The Labute approximate surface area is 143 Å². The minimum Gasteiger partial charge on any atom is -0.423 e. The maximum atomic E-state index is 12.0. The second-order valence-corrected chi connectivity index (χ2v) is 8.06. The molecule has 0 fully saturated rings. The Bertz CT molecular complexity index is 786. The average molecular weight is 329 g/mol. The fraction of sp³-hybridized carbons (Fsp3) is 0.550. The van der Waals surface area contributed by atoms with Crippen LogP contribution in [0.2, 0.25) is 0 Å². The molecule has 0 saturated carbocycles. The Hall–Kier alpha value is -1.65. The molecule has 0 aliphatic heterocycles. The first kappa shape index (κ1) is 17.2. The van der Waals surface area contributed by atoms with Gasteiger partial charge in [-0.25, -0.2) is 4.79 Å². The fourth-order valence-electron chi connectivity index (χ4n) is 3.69. The van der Waals surface area contributed by atoms with Crippen molar-refractivity contribution in [1.29, 1.82) is 0 Å². The van der Waals surface area contributed by atoms with Crippen molar-refractivity contribution in [2.75, 3.05) is 19.7 Å². The Morgan fingerprint density at radius 1 is 1.17 bits per heavy atom. The van der Waals surface area contributed by atoms with Gasteiger partial charge >= 0.3 is 5.63 Å². The number of nitrogens with zero attached hydrogens (tertiary/aromatic N) is 1. The summed E-state index contributed by atoms with van der Waals surface area (Å²) in [7, 11) is 0. The van der Waals surface area contributed by atoms with Crippen molar-refractivity contribution in [2.24, 2.45) is 5.41 Å². The number of hydrogen-bond donors (Lipinski definition) is 1. The number of benzene rings is 1. The van der Waals surface area contributed by atoms with E-state index in [0.717, 1.165) is 30.3 Å². The highest BCUT2D eigenvalue weighted by Gasteiger charge is 2.19. The van der Waals surface area contributed by atoms with E-state index in [4.69, 9.17) is 4.42 Å². The predicted octanol–water partition coefficient (Wildman–Crippen LogP) is 3.12. The third-order valence-electron chi connectivity index (χ3n) is 4.55. The Kier molecular flexibility index (Phi) is 4.79. The molecular formula is C20H27NO3. The third-order valence-corrected chi connectivity index (χ3v) is 4.55. The zero-order valence-electron chi connectivity index (χ0n) is 14.9. The smallest absolute Gasteiger partial charge is 0.336 e. The Balaban J connectivity index is 1.99. The van der Waals surface area contributed by atoms with E-state index >= 15 is 0 Å². The van der Waals surface area contributed by atoms with Gasteiger partial charge in [-0.15, -0.1) is 0 Å². The van der Waals surface area contributed by atoms with Crippen molar-refractivity contribution in [3.05, 3.63) is 45.3 Å². The summed E-state index contributed by atoms with van der Waals surface area (Å²) in [6, 6.07) is 5.85. The van der Waals surface area contributed by atoms with Gasteiger partial charge in [0.25, 0.3) is 0 Å². The lowest BCUT2D eigenvalue weighted by Crippen LogP contribution is -2.34. The van der Waals surface area contributed by atoms with E-state index in [0.29, 0.717) is 18.7 Å². The van der Waals surface area contributed by atoms with Gasteiger partial charge in [0, 0.05) is 31.1 Å². The van der Waals surface area contributed by atoms with Gasteiger partial charge in [-0.05, 0) is 53.5 Å². The van der Waals surface area contributed by atoms with Gasteiger partial charge in [0.2, 0.25) is 0 Å². The van der Waals surface area contributed by atoms with Crippen molar-refractivity contribution in [3.8, 4) is 0 Å². The zero-order valence-corrected chi connectivity index (χ0v) is 14.9. The number of aryl methyl sites for hydroxylation is 2. The molecule has 24 heavy (non-hydrogen) atoms. The summed E-state index contributed by atoms with van der Waals surface area (Å²) in [4.78, 5) is 14.2. The van der Waals surface area contributed by atoms with E-state index in [9.17, 15) is 9.90 Å². The number of rotatable bonds is 5. The van der Waals surface area contributed by atoms with Crippen LogP contribution in [-0.4, -0.2) is 29.7 Å². The van der Waals surface area contributed by atoms with E-state index in [1.807, 2.05) is 6.07 Å². The number of aliphatic hydroxyl groups is 1. The van der Waals surface area contributed by atoms with Gasteiger partial charge < -0.3 is 9.52 Å². The van der Waals surface area contributed by atoms with Crippen LogP contribution in [0.4, 0.5) is 0 Å². The SMILES string of the molecule is CC(C)(C)CN(CCO)Cc1cc(=O)oc2cc3c(cc12)CCC3. The largest absolute Gasteiger partial charge is 0.423 e. The quantitative estimate of drug-likeness (QED) is 0.856. The summed E-state index contributed by atoms with van der Waals surface area (Å²) >= 11 is 0. The Morgan fingerprint density at radius 3 is 2.54 bits per heavy atom. The molecule has 1 aromatic carbocycles. The van der Waals surface area contributed by atoms with Gasteiger partial charge in [0.15, 0.2) is 0 Å². The lowest BCUT2D eigenvalue weighted by Gasteiger charge is -2.29. The van der Waals surface area contributed by atoms with Crippen LogP contribution in [0.1, 0.15) is 43.9 Å². The van der Waals surface area contributed by atoms with Gasteiger partial charge in [-0.2, -0.15) is 0 Å². The van der Waals surface area contributed by atoms with Gasteiger partial charge in [-0.1, -0.05) is 20.8 Å². The molecule has 1 aliphatic rings. The maximum Gasteiger partial charge on any atom is 0.336 e. The van der Waals surface area contributed by atoms with E-state index in [1.54, 1.807) is 6.07 Å². The molecule has 0 spiro atoms. The van der Waals surface area contributed by atoms with Crippen LogP contribution >= 0.6 is 0 Å². The van der Waals surface area contributed by atoms with Crippen LogP contribution in [-0.2, 0) is 19.4 Å². The second kappa shape index (κ2) is 6.69. The van der Waals surface area contributed by atoms with Crippen molar-refractivity contribution in [1.82, 2.24) is 4.90 Å². The fourth-order valence-corrected chi connectivity index (χ4v) is 3.69. The monoisotopic (exact) mass is 329 g/mol. The van der Waals surface area contributed by atoms with E-state index < -0.39 is 0 Å². The van der Waals surface area contributed by atoms with Crippen LogP contribution < -0.4 is 5.63 Å². The molecule has 1 aliphatic carbocycles. The molecule has 130 valence electrons. The highest BCUT2D eigenvalue weighted by molar-refractivity contribution is 5.82. The summed E-state index contributed by atoms with van der Waals surface area (Å²) in [5.41, 5.74) is 4.21. The number of aliphatic hydroxyl groups excluding tert-OH is 1. The van der Waals surface area contributed by atoms with Gasteiger partial charge in [0.05, 0.1) is 6.61 Å². The first-order valence-electron chi connectivity index (χ1n) is 8.77. The predicted molar refractivity (Wildman–Crippen MR) is 96.3 cm³/mol. The van der Waals surface area contributed by atoms with Crippen molar-refractivity contribution < 1.29 is 9.52 Å². The van der Waals surface area contributed by atoms with Crippen molar-refractivity contribution in [2.45, 2.75) is 46.6 Å². The lowest BCUT2D eigenvalue weighted by molar-refractivity contribution is 0.146. The zero-order chi connectivity index (χ0) is 17.3. The van der Waals surface area contributed by atoms with Crippen LogP contribution in [0.25, 0.3) is 11.0 Å². The van der Waals surface area contributed by atoms with Gasteiger partial charge in [-0.3, -0.25) is 4.90 Å². The van der Waals surface area contributed by atoms with E-state index in [2.05, 4.69) is 31.7 Å². The van der Waals surface area contributed by atoms with Crippen LogP contribution in [0.3, 0.4) is 0 Å². The minimum absolute atomic E-state index is 0.116. The molecule has 3 rings (SSSR count). The molecule has 1 N–H and O–H groups in total. The molecule has 0 radical (unpaired) electrons. The summed E-state index contributed by atoms with van der Waals surface area (Å²) in [5.74, 6) is 0. The second-order valence-electron chi connectivity index (χ2n) is 8.06. The summed E-state index contributed by atoms with van der Waals surface area (Å²) in [5, 5.41) is 10.4. The molecule has 0 amide bonds. The van der Waals surface area contributed by atoms with Crippen LogP contribution in [0.15, 0.2) is 27.4 Å².